The van der Waals surface area contributed by atoms with Gasteiger partial charge >= 0.3 is 0 Å². The maximum absolute atomic E-state index is 12.3. The molecule has 1 atom stereocenters. The van der Waals surface area contributed by atoms with Gasteiger partial charge in [-0.15, -0.1) is 0 Å². The van der Waals surface area contributed by atoms with Gasteiger partial charge in [-0.25, -0.2) is 0 Å². The van der Waals surface area contributed by atoms with Gasteiger partial charge in [0.15, 0.2) is 6.10 Å². The number of aliphatic hydroxyl groups is 1. The van der Waals surface area contributed by atoms with Crippen LogP contribution in [0.2, 0.25) is 0 Å². The normalized spacial score (nSPS) is 17.4. The van der Waals surface area contributed by atoms with Gasteiger partial charge in [-0.2, -0.15) is 0 Å². The van der Waals surface area contributed by atoms with Gasteiger partial charge in [-0.05, 0) is 32.3 Å². The molecule has 1 aromatic rings. The van der Waals surface area contributed by atoms with Crippen LogP contribution in [-0.4, -0.2) is 41.0 Å². The lowest BCUT2D eigenvalue weighted by Gasteiger charge is -2.33. The second-order valence-corrected chi connectivity index (χ2v) is 6.08. The fourth-order valence-electron chi connectivity index (χ4n) is 2.72. The van der Waals surface area contributed by atoms with Crippen molar-refractivity contribution < 1.29 is 14.7 Å². The summed E-state index contributed by atoms with van der Waals surface area (Å²) >= 11 is 0. The van der Waals surface area contributed by atoms with Gasteiger partial charge in [0.05, 0.1) is 0 Å². The Kier molecular flexibility index (Phi) is 5.55. The lowest BCUT2D eigenvalue weighted by atomic mass is 9.95. The predicted molar refractivity (Wildman–Crippen MR) is 84.0 cm³/mol. The van der Waals surface area contributed by atoms with Gasteiger partial charge < -0.3 is 15.3 Å². The molecule has 1 aromatic carbocycles. The first-order valence-corrected chi connectivity index (χ1v) is 7.81. The number of benzene rings is 1. The third-order valence-corrected chi connectivity index (χ3v) is 3.96. The number of hydrogen-bond acceptors (Lipinski definition) is 3. The quantitative estimate of drug-likeness (QED) is 0.885. The molecule has 1 fully saturated rings. The molecule has 1 aliphatic heterocycles. The standard InChI is InChI=1S/C17H24N2O3/c1-12(2)18-16(21)14-8-10-19(11-9-14)17(22)15(20)13-6-4-3-5-7-13/h3-7,12,14-15,20H,8-11H2,1-2H3,(H,18,21). The van der Waals surface area contributed by atoms with E-state index >= 15 is 0 Å². The van der Waals surface area contributed by atoms with Gasteiger partial charge in [0.2, 0.25) is 5.91 Å². The molecule has 1 unspecified atom stereocenters. The van der Waals surface area contributed by atoms with Crippen LogP contribution in [0.5, 0.6) is 0 Å². The molecule has 2 amide bonds. The first kappa shape index (κ1) is 16.5. The second kappa shape index (κ2) is 7.40. The Labute approximate surface area is 131 Å². The van der Waals surface area contributed by atoms with Crippen molar-refractivity contribution in [1.82, 2.24) is 10.2 Å². The zero-order valence-electron chi connectivity index (χ0n) is 13.2. The summed E-state index contributed by atoms with van der Waals surface area (Å²) in [5.74, 6) is -0.264. The monoisotopic (exact) mass is 304 g/mol. The smallest absolute Gasteiger partial charge is 0.256 e. The predicted octanol–water partition coefficient (Wildman–Crippen LogP) is 1.48. The molecular formula is C17H24N2O3. The lowest BCUT2D eigenvalue weighted by Crippen LogP contribution is -2.45. The highest BCUT2D eigenvalue weighted by Gasteiger charge is 2.30. The molecule has 0 radical (unpaired) electrons. The summed E-state index contributed by atoms with van der Waals surface area (Å²) in [5.41, 5.74) is 0.604. The van der Waals surface area contributed by atoms with E-state index < -0.39 is 6.10 Å². The van der Waals surface area contributed by atoms with Gasteiger partial charge in [0.25, 0.3) is 5.91 Å². The average molecular weight is 304 g/mol. The number of aliphatic hydroxyl groups excluding tert-OH is 1. The number of nitrogens with zero attached hydrogens (tertiary/aromatic N) is 1. The van der Waals surface area contributed by atoms with Crippen LogP contribution >= 0.6 is 0 Å². The van der Waals surface area contributed by atoms with Gasteiger partial charge in [-0.3, -0.25) is 9.59 Å². The van der Waals surface area contributed by atoms with Gasteiger partial charge in [0, 0.05) is 25.0 Å². The summed E-state index contributed by atoms with van der Waals surface area (Å²) in [6.07, 6.45) is 0.166. The summed E-state index contributed by atoms with van der Waals surface area (Å²) in [6.45, 7) is 4.90. The van der Waals surface area contributed by atoms with Crippen LogP contribution in [0.25, 0.3) is 0 Å². The van der Waals surface area contributed by atoms with Crippen molar-refractivity contribution in [2.75, 3.05) is 13.1 Å². The van der Waals surface area contributed by atoms with Crippen LogP contribution in [-0.2, 0) is 9.59 Å². The first-order valence-electron chi connectivity index (χ1n) is 7.81. The minimum Gasteiger partial charge on any atom is -0.378 e. The van der Waals surface area contributed by atoms with Crippen LogP contribution in [0.15, 0.2) is 30.3 Å². The van der Waals surface area contributed by atoms with E-state index in [9.17, 15) is 14.7 Å². The number of piperidine rings is 1. The first-order chi connectivity index (χ1) is 10.5. The van der Waals surface area contributed by atoms with Crippen LogP contribution in [0.4, 0.5) is 0 Å². The van der Waals surface area contributed by atoms with Crippen LogP contribution in [0.1, 0.15) is 38.4 Å². The second-order valence-electron chi connectivity index (χ2n) is 6.08. The Bertz CT molecular complexity index is 508. The summed E-state index contributed by atoms with van der Waals surface area (Å²) in [5, 5.41) is 13.1. The Morgan fingerprint density at radius 2 is 1.77 bits per heavy atom. The van der Waals surface area contributed by atoms with E-state index in [1.165, 1.54) is 0 Å². The van der Waals surface area contributed by atoms with Gasteiger partial charge in [-0.1, -0.05) is 30.3 Å². The highest BCUT2D eigenvalue weighted by molar-refractivity contribution is 5.83. The number of carbonyl (C=O) groups excluding carboxylic acids is 2. The minimum absolute atomic E-state index is 0.0414. The maximum atomic E-state index is 12.3. The maximum Gasteiger partial charge on any atom is 0.256 e. The van der Waals surface area contributed by atoms with E-state index in [0.29, 0.717) is 31.5 Å². The molecule has 0 aromatic heterocycles. The molecule has 5 nitrogen and oxygen atoms in total. The lowest BCUT2D eigenvalue weighted by molar-refractivity contribution is -0.143. The third-order valence-electron chi connectivity index (χ3n) is 3.96. The van der Waals surface area contributed by atoms with Crippen LogP contribution in [0.3, 0.4) is 0 Å². The molecule has 1 aliphatic rings. The zero-order chi connectivity index (χ0) is 16.1. The molecular weight excluding hydrogens is 280 g/mol. The summed E-state index contributed by atoms with van der Waals surface area (Å²) in [4.78, 5) is 26.0. The average Bonchev–Trinajstić information content (AvgIpc) is 2.54. The summed E-state index contributed by atoms with van der Waals surface area (Å²) in [6, 6.07) is 9.06. The largest absolute Gasteiger partial charge is 0.378 e. The molecule has 22 heavy (non-hydrogen) atoms. The van der Waals surface area contributed by atoms with Gasteiger partial charge in [0.1, 0.15) is 0 Å². The van der Waals surface area contributed by atoms with Crippen molar-refractivity contribution in [1.29, 1.82) is 0 Å². The van der Waals surface area contributed by atoms with E-state index in [4.69, 9.17) is 0 Å². The number of carbonyl (C=O) groups is 2. The minimum atomic E-state index is -1.12. The molecule has 2 N–H and O–H groups in total. The molecule has 1 heterocycles. The highest BCUT2D eigenvalue weighted by atomic mass is 16.3. The van der Waals surface area contributed by atoms with Crippen molar-refractivity contribution in [3.05, 3.63) is 35.9 Å². The molecule has 0 aliphatic carbocycles. The van der Waals surface area contributed by atoms with Crippen molar-refractivity contribution in [2.45, 2.75) is 38.8 Å². The molecule has 1 saturated heterocycles. The molecule has 0 spiro atoms. The Morgan fingerprint density at radius 1 is 1.18 bits per heavy atom. The molecule has 0 saturated carbocycles. The van der Waals surface area contributed by atoms with Crippen molar-refractivity contribution in [3.8, 4) is 0 Å². The van der Waals surface area contributed by atoms with E-state index in [2.05, 4.69) is 5.32 Å². The summed E-state index contributed by atoms with van der Waals surface area (Å²) < 4.78 is 0. The van der Waals surface area contributed by atoms with E-state index in [1.807, 2.05) is 19.9 Å². The zero-order valence-corrected chi connectivity index (χ0v) is 13.2. The number of hydrogen-bond donors (Lipinski definition) is 2. The topological polar surface area (TPSA) is 69.6 Å². The van der Waals surface area contributed by atoms with E-state index in [1.54, 1.807) is 29.2 Å². The Balaban J connectivity index is 1.88. The van der Waals surface area contributed by atoms with Crippen LogP contribution < -0.4 is 5.32 Å². The fourth-order valence-corrected chi connectivity index (χ4v) is 2.72. The third kappa shape index (κ3) is 4.07. The molecule has 120 valence electrons. The SMILES string of the molecule is CC(C)NC(=O)C1CCN(C(=O)C(O)c2ccccc2)CC1. The number of amides is 2. The van der Waals surface area contributed by atoms with E-state index in [0.717, 1.165) is 0 Å². The number of likely N-dealkylation sites (tertiary alicyclic amines) is 1. The molecule has 0 bridgehead atoms. The van der Waals surface area contributed by atoms with Crippen LogP contribution in [0, 0.1) is 5.92 Å². The van der Waals surface area contributed by atoms with Crippen molar-refractivity contribution in [3.63, 3.8) is 0 Å². The van der Waals surface area contributed by atoms with Crippen molar-refractivity contribution in [2.24, 2.45) is 5.92 Å². The fraction of sp³-hybridized carbons (Fsp3) is 0.529. The van der Waals surface area contributed by atoms with E-state index in [-0.39, 0.29) is 23.8 Å². The Morgan fingerprint density at radius 3 is 2.32 bits per heavy atom. The summed E-state index contributed by atoms with van der Waals surface area (Å²) in [7, 11) is 0. The number of nitrogens with one attached hydrogen (secondary N) is 1. The number of rotatable bonds is 4. The van der Waals surface area contributed by atoms with Crippen molar-refractivity contribution >= 4 is 11.8 Å². The Hall–Kier alpha value is -1.88. The molecule has 2 rings (SSSR count). The molecule has 5 heteroatoms. The highest BCUT2D eigenvalue weighted by Crippen LogP contribution is 2.22.